The fourth-order valence-corrected chi connectivity index (χ4v) is 3.27. The first kappa shape index (κ1) is 12.1. The fraction of sp³-hybridized carbons (Fsp3) is 1.00. The topological polar surface area (TPSA) is 18.5 Å². The summed E-state index contributed by atoms with van der Waals surface area (Å²) in [6.45, 7) is 9.40. The van der Waals surface area contributed by atoms with E-state index in [0.29, 0.717) is 0 Å². The van der Waals surface area contributed by atoms with Gasteiger partial charge in [-0.3, -0.25) is 0 Å². The standard InChI is InChI=1S/C9H22O2Si/c1-6-11-12(5,10-4)8-7-9(2)3/h9H,6-8H2,1-5H3. The Labute approximate surface area is 77.5 Å². The van der Waals surface area contributed by atoms with Gasteiger partial charge in [-0.25, -0.2) is 0 Å². The van der Waals surface area contributed by atoms with Gasteiger partial charge in [0.25, 0.3) is 0 Å². The molecule has 3 heteroatoms. The highest BCUT2D eigenvalue weighted by Gasteiger charge is 2.29. The minimum Gasteiger partial charge on any atom is -0.398 e. The van der Waals surface area contributed by atoms with E-state index in [2.05, 4.69) is 20.4 Å². The summed E-state index contributed by atoms with van der Waals surface area (Å²) in [6, 6.07) is 1.11. The Hall–Kier alpha value is 0.137. The molecule has 0 amide bonds. The van der Waals surface area contributed by atoms with Gasteiger partial charge >= 0.3 is 8.56 Å². The van der Waals surface area contributed by atoms with E-state index in [1.54, 1.807) is 7.11 Å². The molecular formula is C9H22O2Si. The molecule has 0 heterocycles. The third-order valence-electron chi connectivity index (χ3n) is 2.06. The maximum atomic E-state index is 5.65. The highest BCUT2D eigenvalue weighted by Crippen LogP contribution is 2.18. The zero-order valence-electron chi connectivity index (χ0n) is 9.02. The molecule has 0 aliphatic carbocycles. The normalized spacial score (nSPS) is 16.5. The molecule has 0 fully saturated rings. The molecule has 0 aromatic rings. The molecule has 12 heavy (non-hydrogen) atoms. The molecule has 0 saturated carbocycles. The van der Waals surface area contributed by atoms with E-state index < -0.39 is 8.56 Å². The van der Waals surface area contributed by atoms with Crippen molar-refractivity contribution in [2.75, 3.05) is 13.7 Å². The summed E-state index contributed by atoms with van der Waals surface area (Å²) in [5.74, 6) is 0.743. The lowest BCUT2D eigenvalue weighted by molar-refractivity contribution is 0.213. The van der Waals surface area contributed by atoms with Crippen LogP contribution in [0.4, 0.5) is 0 Å². The van der Waals surface area contributed by atoms with Gasteiger partial charge in [0, 0.05) is 13.7 Å². The van der Waals surface area contributed by atoms with Crippen LogP contribution in [-0.2, 0) is 8.85 Å². The van der Waals surface area contributed by atoms with Crippen LogP contribution >= 0.6 is 0 Å². The first-order valence-corrected chi connectivity index (χ1v) is 7.25. The van der Waals surface area contributed by atoms with E-state index in [-0.39, 0.29) is 0 Å². The lowest BCUT2D eigenvalue weighted by atomic mass is 10.2. The van der Waals surface area contributed by atoms with Crippen LogP contribution in [0.5, 0.6) is 0 Å². The maximum absolute atomic E-state index is 5.65. The van der Waals surface area contributed by atoms with Crippen molar-refractivity contribution in [1.29, 1.82) is 0 Å². The third-order valence-corrected chi connectivity index (χ3v) is 5.02. The Morgan fingerprint density at radius 1 is 1.33 bits per heavy atom. The largest absolute Gasteiger partial charge is 0.398 e. The van der Waals surface area contributed by atoms with E-state index >= 15 is 0 Å². The van der Waals surface area contributed by atoms with Crippen LogP contribution in [0.2, 0.25) is 12.6 Å². The molecule has 0 rings (SSSR count). The predicted molar refractivity (Wildman–Crippen MR) is 54.5 cm³/mol. The molecule has 0 aliphatic heterocycles. The van der Waals surface area contributed by atoms with E-state index in [4.69, 9.17) is 8.85 Å². The number of rotatable bonds is 6. The SMILES string of the molecule is CCO[Si](C)(CCC(C)C)OC. The van der Waals surface area contributed by atoms with Crippen molar-refractivity contribution in [3.63, 3.8) is 0 Å². The quantitative estimate of drug-likeness (QED) is 0.600. The van der Waals surface area contributed by atoms with Crippen molar-refractivity contribution >= 4 is 8.56 Å². The minimum absolute atomic E-state index is 0.743. The predicted octanol–water partition coefficient (Wildman–Crippen LogP) is 2.79. The average Bonchev–Trinajstić information content (AvgIpc) is 2.02. The molecule has 0 saturated heterocycles. The van der Waals surface area contributed by atoms with Gasteiger partial charge in [0.2, 0.25) is 0 Å². The molecule has 0 aromatic carbocycles. The fourth-order valence-electron chi connectivity index (χ4n) is 1.09. The number of hydrogen-bond donors (Lipinski definition) is 0. The van der Waals surface area contributed by atoms with Gasteiger partial charge in [0.1, 0.15) is 0 Å². The summed E-state index contributed by atoms with van der Waals surface area (Å²) in [4.78, 5) is 0. The molecule has 1 atom stereocenters. The molecule has 0 aliphatic rings. The van der Waals surface area contributed by atoms with Crippen molar-refractivity contribution in [1.82, 2.24) is 0 Å². The highest BCUT2D eigenvalue weighted by atomic mass is 28.4. The molecule has 2 nitrogen and oxygen atoms in total. The maximum Gasteiger partial charge on any atom is 0.334 e. The van der Waals surface area contributed by atoms with Gasteiger partial charge in [-0.15, -0.1) is 0 Å². The van der Waals surface area contributed by atoms with E-state index in [1.807, 2.05) is 6.92 Å². The van der Waals surface area contributed by atoms with Gasteiger partial charge in [-0.05, 0) is 31.9 Å². The lowest BCUT2D eigenvalue weighted by Gasteiger charge is -2.24. The molecule has 0 aromatic heterocycles. The molecule has 0 N–H and O–H groups in total. The van der Waals surface area contributed by atoms with Crippen LogP contribution in [0.25, 0.3) is 0 Å². The van der Waals surface area contributed by atoms with Gasteiger partial charge in [0.05, 0.1) is 0 Å². The smallest absolute Gasteiger partial charge is 0.334 e. The Morgan fingerprint density at radius 3 is 2.25 bits per heavy atom. The van der Waals surface area contributed by atoms with Crippen LogP contribution in [0.1, 0.15) is 27.2 Å². The van der Waals surface area contributed by atoms with Crippen molar-refractivity contribution < 1.29 is 8.85 Å². The number of hydrogen-bond acceptors (Lipinski definition) is 2. The molecule has 0 spiro atoms. The Morgan fingerprint density at radius 2 is 1.92 bits per heavy atom. The molecule has 1 unspecified atom stereocenters. The van der Waals surface area contributed by atoms with Crippen LogP contribution in [0.3, 0.4) is 0 Å². The second-order valence-corrected chi connectivity index (χ2v) is 7.17. The lowest BCUT2D eigenvalue weighted by Crippen LogP contribution is -2.37. The summed E-state index contributed by atoms with van der Waals surface area (Å²) in [5, 5.41) is 0. The minimum atomic E-state index is -1.79. The Kier molecular flexibility index (Phi) is 5.79. The monoisotopic (exact) mass is 190 g/mol. The Bertz CT molecular complexity index is 117. The van der Waals surface area contributed by atoms with E-state index in [1.165, 1.54) is 6.42 Å². The van der Waals surface area contributed by atoms with E-state index in [9.17, 15) is 0 Å². The summed E-state index contributed by atoms with van der Waals surface area (Å²) < 4.78 is 11.1. The first-order valence-electron chi connectivity index (χ1n) is 4.73. The molecule has 0 bridgehead atoms. The second kappa shape index (κ2) is 5.73. The van der Waals surface area contributed by atoms with Crippen molar-refractivity contribution in [2.45, 2.75) is 39.8 Å². The summed E-state index contributed by atoms with van der Waals surface area (Å²) >= 11 is 0. The zero-order valence-corrected chi connectivity index (χ0v) is 10.0. The van der Waals surface area contributed by atoms with Crippen LogP contribution < -0.4 is 0 Å². The zero-order chi connectivity index (χ0) is 9.61. The van der Waals surface area contributed by atoms with Crippen LogP contribution in [0, 0.1) is 5.92 Å². The van der Waals surface area contributed by atoms with Crippen molar-refractivity contribution in [3.8, 4) is 0 Å². The van der Waals surface area contributed by atoms with Crippen molar-refractivity contribution in [2.24, 2.45) is 5.92 Å². The summed E-state index contributed by atoms with van der Waals surface area (Å²) in [7, 11) is -0.0201. The highest BCUT2D eigenvalue weighted by molar-refractivity contribution is 6.65. The van der Waals surface area contributed by atoms with Gasteiger partial charge in [-0.2, -0.15) is 0 Å². The second-order valence-electron chi connectivity index (χ2n) is 3.70. The van der Waals surface area contributed by atoms with Gasteiger partial charge in [-0.1, -0.05) is 13.8 Å². The average molecular weight is 190 g/mol. The van der Waals surface area contributed by atoms with Crippen LogP contribution in [-0.4, -0.2) is 22.3 Å². The molecular weight excluding hydrogens is 168 g/mol. The van der Waals surface area contributed by atoms with Gasteiger partial charge < -0.3 is 8.85 Å². The molecule has 74 valence electrons. The van der Waals surface area contributed by atoms with Crippen molar-refractivity contribution in [3.05, 3.63) is 0 Å². The summed E-state index contributed by atoms with van der Waals surface area (Å²) in [6.07, 6.45) is 1.20. The summed E-state index contributed by atoms with van der Waals surface area (Å²) in [5.41, 5.74) is 0. The van der Waals surface area contributed by atoms with Gasteiger partial charge in [0.15, 0.2) is 0 Å². The van der Waals surface area contributed by atoms with Crippen LogP contribution in [0.15, 0.2) is 0 Å². The molecule has 0 radical (unpaired) electrons. The third kappa shape index (κ3) is 4.90. The Balaban J connectivity index is 3.78. The first-order chi connectivity index (χ1) is 5.54. The van der Waals surface area contributed by atoms with E-state index in [0.717, 1.165) is 18.6 Å².